The Bertz CT molecular complexity index is 1000. The van der Waals surface area contributed by atoms with Gasteiger partial charge in [0.05, 0.1) is 16.6 Å². The molecule has 0 saturated carbocycles. The van der Waals surface area contributed by atoms with Crippen molar-refractivity contribution in [2.75, 3.05) is 5.32 Å². The Morgan fingerprint density at radius 3 is 2.59 bits per heavy atom. The number of rotatable bonds is 3. The SMILES string of the molecule is CC(NC(=O)Nc1cc(Cl)c2cc[nH]c2c1)c1cc(Cl)cc(C(F)(F)F)c1. The van der Waals surface area contributed by atoms with Crippen LogP contribution in [0.5, 0.6) is 0 Å². The minimum absolute atomic E-state index is 0.0575. The molecule has 1 atom stereocenters. The lowest BCUT2D eigenvalue weighted by Crippen LogP contribution is -2.31. The van der Waals surface area contributed by atoms with Crippen LogP contribution in [-0.2, 0) is 6.18 Å². The molecule has 4 nitrogen and oxygen atoms in total. The molecule has 0 aliphatic heterocycles. The summed E-state index contributed by atoms with van der Waals surface area (Å²) in [7, 11) is 0. The molecule has 0 aliphatic carbocycles. The number of H-pyrrole nitrogens is 1. The second-order valence-corrected chi connectivity index (χ2v) is 6.83. The molecule has 2 amide bonds. The number of carbonyl (C=O) groups excluding carboxylic acids is 1. The van der Waals surface area contributed by atoms with Gasteiger partial charge in [0.1, 0.15) is 0 Å². The maximum absolute atomic E-state index is 12.9. The van der Waals surface area contributed by atoms with Crippen molar-refractivity contribution in [3.8, 4) is 0 Å². The quantitative estimate of drug-likeness (QED) is 0.456. The van der Waals surface area contributed by atoms with Crippen LogP contribution in [0.2, 0.25) is 10.0 Å². The van der Waals surface area contributed by atoms with Gasteiger partial charge in [-0.15, -0.1) is 0 Å². The molecular weight excluding hydrogens is 402 g/mol. The van der Waals surface area contributed by atoms with E-state index < -0.39 is 23.8 Å². The highest BCUT2D eigenvalue weighted by molar-refractivity contribution is 6.35. The number of hydrogen-bond donors (Lipinski definition) is 3. The molecule has 1 heterocycles. The highest BCUT2D eigenvalue weighted by Gasteiger charge is 2.31. The van der Waals surface area contributed by atoms with Crippen LogP contribution < -0.4 is 10.6 Å². The average Bonchev–Trinajstić information content (AvgIpc) is 3.02. The summed E-state index contributed by atoms with van der Waals surface area (Å²) in [5.41, 5.74) is 0.558. The highest BCUT2D eigenvalue weighted by Crippen LogP contribution is 2.33. The zero-order valence-corrected chi connectivity index (χ0v) is 15.4. The van der Waals surface area contributed by atoms with Crippen LogP contribution in [0.4, 0.5) is 23.7 Å². The van der Waals surface area contributed by atoms with E-state index >= 15 is 0 Å². The average molecular weight is 416 g/mol. The first-order valence-electron chi connectivity index (χ1n) is 7.85. The minimum atomic E-state index is -4.52. The molecule has 3 rings (SSSR count). The fraction of sp³-hybridized carbons (Fsp3) is 0.167. The molecule has 1 unspecified atom stereocenters. The molecular formula is C18H14Cl2F3N3O. The van der Waals surface area contributed by atoms with Crippen LogP contribution in [0.25, 0.3) is 10.9 Å². The van der Waals surface area contributed by atoms with E-state index in [1.54, 1.807) is 31.3 Å². The van der Waals surface area contributed by atoms with Crippen LogP contribution in [-0.4, -0.2) is 11.0 Å². The number of halogens is 5. The first-order valence-corrected chi connectivity index (χ1v) is 8.61. The normalized spacial score (nSPS) is 12.8. The predicted molar refractivity (Wildman–Crippen MR) is 100 cm³/mol. The molecule has 0 aliphatic rings. The van der Waals surface area contributed by atoms with Gasteiger partial charge in [-0.3, -0.25) is 0 Å². The first kappa shape index (κ1) is 19.4. The summed E-state index contributed by atoms with van der Waals surface area (Å²) in [6.07, 6.45) is -2.80. The zero-order chi connectivity index (χ0) is 19.8. The third kappa shape index (κ3) is 4.48. The van der Waals surface area contributed by atoms with E-state index in [1.165, 1.54) is 6.07 Å². The lowest BCUT2D eigenvalue weighted by molar-refractivity contribution is -0.137. The summed E-state index contributed by atoms with van der Waals surface area (Å²) < 4.78 is 38.8. The Labute approximate surface area is 162 Å². The molecule has 1 aromatic heterocycles. The molecule has 142 valence electrons. The standard InChI is InChI=1S/C18H14Cl2F3N3O/c1-9(10-4-11(18(21,22)23)6-12(19)5-10)25-17(27)26-13-7-15(20)14-2-3-24-16(14)8-13/h2-9,24H,1H3,(H2,25,26,27). The lowest BCUT2D eigenvalue weighted by Gasteiger charge is -2.17. The van der Waals surface area contributed by atoms with E-state index in [2.05, 4.69) is 15.6 Å². The van der Waals surface area contributed by atoms with E-state index in [4.69, 9.17) is 23.2 Å². The van der Waals surface area contributed by atoms with Gasteiger partial charge in [0.25, 0.3) is 0 Å². The topological polar surface area (TPSA) is 56.9 Å². The Balaban J connectivity index is 1.74. The second-order valence-electron chi connectivity index (χ2n) is 5.99. The van der Waals surface area contributed by atoms with Crippen molar-refractivity contribution in [1.82, 2.24) is 10.3 Å². The minimum Gasteiger partial charge on any atom is -0.361 e. The van der Waals surface area contributed by atoms with Crippen molar-refractivity contribution < 1.29 is 18.0 Å². The second kappa shape index (κ2) is 7.32. The van der Waals surface area contributed by atoms with Gasteiger partial charge in [0.15, 0.2) is 0 Å². The molecule has 0 bridgehead atoms. The first-order chi connectivity index (χ1) is 12.6. The van der Waals surface area contributed by atoms with E-state index in [1.807, 2.05) is 0 Å². The number of urea groups is 1. The zero-order valence-electron chi connectivity index (χ0n) is 13.9. The molecule has 2 aromatic carbocycles. The van der Waals surface area contributed by atoms with Crippen molar-refractivity contribution in [3.05, 3.63) is 63.8 Å². The van der Waals surface area contributed by atoms with Gasteiger partial charge < -0.3 is 15.6 Å². The summed E-state index contributed by atoms with van der Waals surface area (Å²) in [6, 6.07) is 6.98. The maximum atomic E-state index is 12.9. The Hall–Kier alpha value is -2.38. The number of aromatic nitrogens is 1. The number of benzene rings is 2. The summed E-state index contributed by atoms with van der Waals surface area (Å²) in [4.78, 5) is 15.2. The van der Waals surface area contributed by atoms with Gasteiger partial charge in [-0.05, 0) is 48.9 Å². The molecule has 3 aromatic rings. The summed E-state index contributed by atoms with van der Waals surface area (Å²) in [5.74, 6) is 0. The van der Waals surface area contributed by atoms with Crippen molar-refractivity contribution in [3.63, 3.8) is 0 Å². The predicted octanol–water partition coefficient (Wildman–Crippen LogP) is 6.38. The van der Waals surface area contributed by atoms with Gasteiger partial charge in [-0.2, -0.15) is 13.2 Å². The Morgan fingerprint density at radius 1 is 1.15 bits per heavy atom. The molecule has 27 heavy (non-hydrogen) atoms. The molecule has 0 radical (unpaired) electrons. The van der Waals surface area contributed by atoms with Crippen molar-refractivity contribution in [1.29, 1.82) is 0 Å². The van der Waals surface area contributed by atoms with E-state index in [9.17, 15) is 18.0 Å². The summed E-state index contributed by atoms with van der Waals surface area (Å²) in [5, 5.41) is 6.41. The highest BCUT2D eigenvalue weighted by atomic mass is 35.5. The molecule has 0 saturated heterocycles. The van der Waals surface area contributed by atoms with Gasteiger partial charge >= 0.3 is 12.2 Å². The van der Waals surface area contributed by atoms with E-state index in [0.717, 1.165) is 23.0 Å². The van der Waals surface area contributed by atoms with Crippen molar-refractivity contribution >= 4 is 45.8 Å². The maximum Gasteiger partial charge on any atom is 0.416 e. The smallest absolute Gasteiger partial charge is 0.361 e. The number of amides is 2. The van der Waals surface area contributed by atoms with Crippen LogP contribution in [0.15, 0.2) is 42.6 Å². The third-order valence-corrected chi connectivity index (χ3v) is 4.50. The van der Waals surface area contributed by atoms with Gasteiger partial charge in [0, 0.05) is 27.8 Å². The number of hydrogen-bond acceptors (Lipinski definition) is 1. The van der Waals surface area contributed by atoms with Gasteiger partial charge in [-0.1, -0.05) is 23.2 Å². The van der Waals surface area contributed by atoms with Crippen LogP contribution in [0.1, 0.15) is 24.1 Å². The lowest BCUT2D eigenvalue weighted by atomic mass is 10.0. The fourth-order valence-corrected chi connectivity index (χ4v) is 3.19. The Kier molecular flexibility index (Phi) is 5.26. The van der Waals surface area contributed by atoms with E-state index in [-0.39, 0.29) is 10.6 Å². The number of nitrogens with one attached hydrogen (secondary N) is 3. The largest absolute Gasteiger partial charge is 0.416 e. The number of carbonyl (C=O) groups is 1. The summed E-state index contributed by atoms with van der Waals surface area (Å²) >= 11 is 11.9. The number of alkyl halides is 3. The van der Waals surface area contributed by atoms with Crippen molar-refractivity contribution in [2.45, 2.75) is 19.1 Å². The molecule has 0 spiro atoms. The van der Waals surface area contributed by atoms with Gasteiger partial charge in [-0.25, -0.2) is 4.79 Å². The fourth-order valence-electron chi connectivity index (χ4n) is 2.67. The third-order valence-electron chi connectivity index (χ3n) is 3.97. The van der Waals surface area contributed by atoms with Gasteiger partial charge in [0.2, 0.25) is 0 Å². The molecule has 9 heteroatoms. The monoisotopic (exact) mass is 415 g/mol. The van der Waals surface area contributed by atoms with E-state index in [0.29, 0.717) is 10.7 Å². The molecule has 3 N–H and O–H groups in total. The van der Waals surface area contributed by atoms with Crippen LogP contribution in [0, 0.1) is 0 Å². The number of anilines is 1. The number of aromatic amines is 1. The summed E-state index contributed by atoms with van der Waals surface area (Å²) in [6.45, 7) is 1.56. The van der Waals surface area contributed by atoms with Crippen LogP contribution in [0.3, 0.4) is 0 Å². The Morgan fingerprint density at radius 2 is 1.89 bits per heavy atom. The van der Waals surface area contributed by atoms with Crippen LogP contribution >= 0.6 is 23.2 Å². The molecule has 0 fully saturated rings. The number of fused-ring (bicyclic) bond motifs is 1. The van der Waals surface area contributed by atoms with Crippen molar-refractivity contribution in [2.24, 2.45) is 0 Å².